The van der Waals surface area contributed by atoms with E-state index >= 15 is 0 Å². The molecule has 0 unspecified atom stereocenters. The van der Waals surface area contributed by atoms with Gasteiger partial charge in [-0.3, -0.25) is 4.79 Å². The van der Waals surface area contributed by atoms with E-state index in [0.717, 1.165) is 0 Å². The number of rotatable bonds is 4. The van der Waals surface area contributed by atoms with Crippen LogP contribution in [0.5, 0.6) is 5.75 Å². The van der Waals surface area contributed by atoms with Crippen molar-refractivity contribution in [3.63, 3.8) is 0 Å². The Labute approximate surface area is 92.1 Å². The quantitative estimate of drug-likeness (QED) is 0.378. The van der Waals surface area contributed by atoms with Gasteiger partial charge in [0.15, 0.2) is 0 Å². The number of hydrogen-bond donors (Lipinski definition) is 5. The summed E-state index contributed by atoms with van der Waals surface area (Å²) in [6.07, 6.45) is -0.0816. The second-order valence-electron chi connectivity index (χ2n) is 3.38. The molecule has 0 amide bonds. The Morgan fingerprint density at radius 2 is 2.06 bits per heavy atom. The maximum Gasteiger partial charge on any atom is 0.492 e. The first-order valence-electron chi connectivity index (χ1n) is 4.58. The summed E-state index contributed by atoms with van der Waals surface area (Å²) in [6, 6.07) is 3.15. The topological polar surface area (TPSA) is 124 Å². The predicted molar refractivity (Wildman–Crippen MR) is 57.2 cm³/mol. The number of phenolic OH excluding ortho intramolecular Hbond substituents is 1. The summed E-state index contributed by atoms with van der Waals surface area (Å²) >= 11 is 0. The molecule has 1 rings (SSSR count). The summed E-state index contributed by atoms with van der Waals surface area (Å²) in [5.41, 5.74) is 5.50. The highest BCUT2D eigenvalue weighted by Gasteiger charge is 2.20. The van der Waals surface area contributed by atoms with Crippen LogP contribution in [0.3, 0.4) is 0 Å². The van der Waals surface area contributed by atoms with Crippen LogP contribution >= 0.6 is 0 Å². The molecule has 0 bridgehead atoms. The van der Waals surface area contributed by atoms with E-state index in [-0.39, 0.29) is 23.2 Å². The maximum absolute atomic E-state index is 10.5. The van der Waals surface area contributed by atoms with Crippen LogP contribution in [0.4, 0.5) is 0 Å². The van der Waals surface area contributed by atoms with Gasteiger partial charge in [0.2, 0.25) is 0 Å². The lowest BCUT2D eigenvalue weighted by Gasteiger charge is -2.11. The first-order chi connectivity index (χ1) is 7.43. The summed E-state index contributed by atoms with van der Waals surface area (Å²) in [6.45, 7) is 0. The summed E-state index contributed by atoms with van der Waals surface area (Å²) in [7, 11) is -1.80. The van der Waals surface area contributed by atoms with Gasteiger partial charge in [0.1, 0.15) is 11.8 Å². The van der Waals surface area contributed by atoms with Gasteiger partial charge in [0.05, 0.1) is 0 Å². The number of aromatic hydroxyl groups is 1. The number of phenols is 1. The van der Waals surface area contributed by atoms with E-state index in [1.54, 1.807) is 0 Å². The molecule has 6 nitrogen and oxygen atoms in total. The van der Waals surface area contributed by atoms with Gasteiger partial charge in [-0.2, -0.15) is 0 Å². The first-order valence-corrected chi connectivity index (χ1v) is 4.58. The lowest BCUT2D eigenvalue weighted by molar-refractivity contribution is -0.138. The van der Waals surface area contributed by atoms with E-state index in [4.69, 9.17) is 20.9 Å². The minimum Gasteiger partial charge on any atom is -0.508 e. The summed E-state index contributed by atoms with van der Waals surface area (Å²) in [4.78, 5) is 10.5. The zero-order chi connectivity index (χ0) is 12.3. The molecule has 0 aliphatic rings. The second kappa shape index (κ2) is 4.97. The third-order valence-electron chi connectivity index (χ3n) is 2.19. The van der Waals surface area contributed by atoms with E-state index in [9.17, 15) is 9.90 Å². The zero-order valence-electron chi connectivity index (χ0n) is 8.37. The van der Waals surface area contributed by atoms with Gasteiger partial charge >= 0.3 is 13.1 Å². The molecule has 6 N–H and O–H groups in total. The van der Waals surface area contributed by atoms with Gasteiger partial charge < -0.3 is 26.0 Å². The van der Waals surface area contributed by atoms with Crippen molar-refractivity contribution >= 4 is 18.6 Å². The molecule has 0 saturated carbocycles. The van der Waals surface area contributed by atoms with Crippen molar-refractivity contribution in [3.05, 3.63) is 23.8 Å². The highest BCUT2D eigenvalue weighted by Crippen LogP contribution is 2.15. The van der Waals surface area contributed by atoms with Crippen molar-refractivity contribution in [2.24, 2.45) is 5.73 Å². The van der Waals surface area contributed by atoms with Crippen molar-refractivity contribution in [2.45, 2.75) is 12.5 Å². The molecule has 0 aromatic heterocycles. The van der Waals surface area contributed by atoms with E-state index in [1.165, 1.54) is 18.2 Å². The van der Waals surface area contributed by atoms with Crippen LogP contribution < -0.4 is 11.2 Å². The van der Waals surface area contributed by atoms with Crippen LogP contribution in [0, 0.1) is 0 Å². The van der Waals surface area contributed by atoms with Gasteiger partial charge in [0, 0.05) is 11.9 Å². The van der Waals surface area contributed by atoms with Crippen molar-refractivity contribution in [3.8, 4) is 5.75 Å². The van der Waals surface area contributed by atoms with Crippen LogP contribution in [0.2, 0.25) is 0 Å². The Bertz CT molecular complexity index is 395. The Morgan fingerprint density at radius 1 is 1.44 bits per heavy atom. The number of carboxylic acid groups (broad SMARTS) is 1. The average Bonchev–Trinajstić information content (AvgIpc) is 2.20. The predicted octanol–water partition coefficient (Wildman–Crippen LogP) is -1.97. The zero-order valence-corrected chi connectivity index (χ0v) is 8.37. The normalized spacial score (nSPS) is 12.2. The van der Waals surface area contributed by atoms with E-state index in [1.807, 2.05) is 0 Å². The van der Waals surface area contributed by atoms with Crippen LogP contribution in [0.25, 0.3) is 0 Å². The Kier molecular flexibility index (Phi) is 3.89. The molecule has 86 valence electrons. The minimum absolute atomic E-state index is 0.0740. The van der Waals surface area contributed by atoms with Crippen LogP contribution in [0.15, 0.2) is 18.2 Å². The van der Waals surface area contributed by atoms with Gasteiger partial charge in [-0.15, -0.1) is 0 Å². The summed E-state index contributed by atoms with van der Waals surface area (Å²) < 4.78 is 0. The highest BCUT2D eigenvalue weighted by molar-refractivity contribution is 6.59. The van der Waals surface area contributed by atoms with Crippen molar-refractivity contribution in [2.75, 3.05) is 0 Å². The summed E-state index contributed by atoms with van der Waals surface area (Å²) in [5, 5.41) is 36.1. The number of aliphatic carboxylic acids is 1. The van der Waals surface area contributed by atoms with Gasteiger partial charge in [-0.25, -0.2) is 0 Å². The molecule has 16 heavy (non-hydrogen) atoms. The van der Waals surface area contributed by atoms with Crippen molar-refractivity contribution < 1.29 is 25.1 Å². The van der Waals surface area contributed by atoms with Crippen molar-refractivity contribution in [1.29, 1.82) is 0 Å². The maximum atomic E-state index is 10.5. The first kappa shape index (κ1) is 12.5. The minimum atomic E-state index is -1.80. The third-order valence-corrected chi connectivity index (χ3v) is 2.19. The van der Waals surface area contributed by atoms with Gasteiger partial charge in [0.25, 0.3) is 0 Å². The molecule has 0 aliphatic heterocycles. The van der Waals surface area contributed by atoms with Crippen LogP contribution in [0.1, 0.15) is 5.56 Å². The molecule has 0 saturated heterocycles. The molecule has 0 fully saturated rings. The number of hydrogen-bond acceptors (Lipinski definition) is 5. The Morgan fingerprint density at radius 3 is 2.56 bits per heavy atom. The number of carboxylic acids is 1. The van der Waals surface area contributed by atoms with Gasteiger partial charge in [-0.1, -0.05) is 18.2 Å². The fraction of sp³-hybridized carbons (Fsp3) is 0.222. The molecule has 1 aromatic carbocycles. The molecule has 1 aromatic rings. The molecule has 0 radical (unpaired) electrons. The molecule has 0 aliphatic carbocycles. The number of para-hydroxylation sites is 1. The number of benzene rings is 1. The fourth-order valence-corrected chi connectivity index (χ4v) is 1.31. The molecule has 0 spiro atoms. The Balaban J connectivity index is 2.97. The Hall–Kier alpha value is -1.57. The molecule has 1 atom stereocenters. The third kappa shape index (κ3) is 2.72. The standard InChI is InChI=1S/C9H12BNO5/c11-7(9(13)14)4-5-2-1-3-6(8(5)12)10(15)16/h1-3,7,12,15-16H,4,11H2,(H,13,14)/t7-/m1/s1. The summed E-state index contributed by atoms with van der Waals surface area (Å²) in [5.74, 6) is -1.52. The smallest absolute Gasteiger partial charge is 0.492 e. The fourth-order valence-electron chi connectivity index (χ4n) is 1.31. The largest absolute Gasteiger partial charge is 0.508 e. The van der Waals surface area contributed by atoms with E-state index in [2.05, 4.69) is 0 Å². The van der Waals surface area contributed by atoms with E-state index < -0.39 is 19.1 Å². The van der Waals surface area contributed by atoms with E-state index in [0.29, 0.717) is 0 Å². The monoisotopic (exact) mass is 225 g/mol. The number of carbonyl (C=O) groups is 1. The average molecular weight is 225 g/mol. The van der Waals surface area contributed by atoms with Gasteiger partial charge in [-0.05, 0) is 5.56 Å². The number of nitrogens with two attached hydrogens (primary N) is 1. The SMILES string of the molecule is N[C@H](Cc1cccc(B(O)O)c1O)C(=O)O. The lowest BCUT2D eigenvalue weighted by Crippen LogP contribution is -2.34. The molecular weight excluding hydrogens is 213 g/mol. The van der Waals surface area contributed by atoms with Crippen LogP contribution in [-0.2, 0) is 11.2 Å². The molecular formula is C9H12BNO5. The second-order valence-corrected chi connectivity index (χ2v) is 3.38. The van der Waals surface area contributed by atoms with Crippen molar-refractivity contribution in [1.82, 2.24) is 0 Å². The highest BCUT2D eigenvalue weighted by atomic mass is 16.4. The molecule has 0 heterocycles. The molecule has 7 heteroatoms. The lowest BCUT2D eigenvalue weighted by atomic mass is 9.78. The van der Waals surface area contributed by atoms with Crippen LogP contribution in [-0.4, -0.2) is 39.4 Å².